The number of hydrogen-bond acceptors (Lipinski definition) is 2. The lowest BCUT2D eigenvalue weighted by atomic mass is 10.3. The first kappa shape index (κ1) is 11.1. The number of nitrogens with zero attached hydrogens (tertiary/aromatic N) is 2. The van der Waals surface area contributed by atoms with Crippen LogP contribution in [0.1, 0.15) is 10.5 Å². The average molecular weight is 327 g/mol. The van der Waals surface area contributed by atoms with E-state index in [0.717, 1.165) is 9.26 Å². The van der Waals surface area contributed by atoms with E-state index >= 15 is 0 Å². The summed E-state index contributed by atoms with van der Waals surface area (Å²) in [6.45, 7) is 0. The summed E-state index contributed by atoms with van der Waals surface area (Å²) in [5, 5.41) is 6.42. The van der Waals surface area contributed by atoms with Crippen molar-refractivity contribution in [1.29, 1.82) is 0 Å². The third-order valence-corrected chi connectivity index (χ3v) is 2.97. The van der Waals surface area contributed by atoms with E-state index in [-0.39, 0.29) is 5.91 Å². The summed E-state index contributed by atoms with van der Waals surface area (Å²) in [5.74, 6) is -0.0984. The zero-order valence-corrected chi connectivity index (χ0v) is 10.8. The topological polar surface area (TPSA) is 49.0 Å². The molecule has 1 aromatic heterocycles. The first-order valence-electron chi connectivity index (χ1n) is 4.71. The van der Waals surface area contributed by atoms with Crippen LogP contribution in [0, 0.1) is 3.57 Å². The van der Waals surface area contributed by atoms with Gasteiger partial charge in [-0.15, -0.1) is 0 Å². The number of carbonyl (C=O) groups is 1. The molecule has 0 saturated carbocycles. The molecule has 0 radical (unpaired) electrons. The maximum Gasteiger partial charge on any atom is 0.276 e. The van der Waals surface area contributed by atoms with Gasteiger partial charge in [0.2, 0.25) is 0 Å². The SMILES string of the molecule is CN(C(=O)c1ccn[nH]1)c1ccc(I)cc1. The van der Waals surface area contributed by atoms with Crippen LogP contribution in [0.25, 0.3) is 0 Å². The third-order valence-electron chi connectivity index (χ3n) is 2.25. The molecule has 1 heterocycles. The smallest absolute Gasteiger partial charge is 0.276 e. The molecule has 5 heteroatoms. The van der Waals surface area contributed by atoms with Crippen LogP contribution < -0.4 is 4.90 Å². The van der Waals surface area contributed by atoms with Gasteiger partial charge in [0.25, 0.3) is 5.91 Å². The number of aromatic nitrogens is 2. The highest BCUT2D eigenvalue weighted by Gasteiger charge is 2.13. The number of H-pyrrole nitrogens is 1. The van der Waals surface area contributed by atoms with Gasteiger partial charge < -0.3 is 4.90 Å². The van der Waals surface area contributed by atoms with Gasteiger partial charge in [-0.2, -0.15) is 5.10 Å². The van der Waals surface area contributed by atoms with Gasteiger partial charge in [0.05, 0.1) is 0 Å². The lowest BCUT2D eigenvalue weighted by Gasteiger charge is -2.16. The Kier molecular flexibility index (Phi) is 3.23. The lowest BCUT2D eigenvalue weighted by Crippen LogP contribution is -2.26. The number of carbonyl (C=O) groups excluding carboxylic acids is 1. The Morgan fingerprint density at radius 1 is 1.31 bits per heavy atom. The Hall–Kier alpha value is -1.37. The number of rotatable bonds is 2. The minimum atomic E-state index is -0.0984. The summed E-state index contributed by atoms with van der Waals surface area (Å²) in [6.07, 6.45) is 1.56. The van der Waals surface area contributed by atoms with Crippen molar-refractivity contribution >= 4 is 34.2 Å². The standard InChI is InChI=1S/C11H10IN3O/c1-15(9-4-2-8(12)3-5-9)11(16)10-6-7-13-14-10/h2-7H,1H3,(H,13,14). The van der Waals surface area contributed by atoms with Crippen LogP contribution in [0.5, 0.6) is 0 Å². The molecule has 0 saturated heterocycles. The molecule has 1 aromatic carbocycles. The first-order chi connectivity index (χ1) is 7.68. The van der Waals surface area contributed by atoms with E-state index in [1.165, 1.54) is 0 Å². The van der Waals surface area contributed by atoms with Crippen LogP contribution in [0.15, 0.2) is 36.5 Å². The number of nitrogens with one attached hydrogen (secondary N) is 1. The molecule has 0 fully saturated rings. The summed E-state index contributed by atoms with van der Waals surface area (Å²) in [5.41, 5.74) is 1.35. The van der Waals surface area contributed by atoms with Gasteiger partial charge in [-0.25, -0.2) is 0 Å². The van der Waals surface area contributed by atoms with Crippen LogP contribution in [-0.4, -0.2) is 23.2 Å². The van der Waals surface area contributed by atoms with Gasteiger partial charge >= 0.3 is 0 Å². The van der Waals surface area contributed by atoms with Crippen molar-refractivity contribution in [3.63, 3.8) is 0 Å². The highest BCUT2D eigenvalue weighted by atomic mass is 127. The fourth-order valence-electron chi connectivity index (χ4n) is 1.34. The van der Waals surface area contributed by atoms with Crippen molar-refractivity contribution < 1.29 is 4.79 Å². The van der Waals surface area contributed by atoms with Crippen molar-refractivity contribution in [2.24, 2.45) is 0 Å². The van der Waals surface area contributed by atoms with Crippen LogP contribution in [0.3, 0.4) is 0 Å². The van der Waals surface area contributed by atoms with Crippen LogP contribution in [-0.2, 0) is 0 Å². The van der Waals surface area contributed by atoms with E-state index in [4.69, 9.17) is 0 Å². The molecule has 2 aromatic rings. The summed E-state index contributed by atoms with van der Waals surface area (Å²) in [7, 11) is 1.74. The second-order valence-corrected chi connectivity index (χ2v) is 4.56. The molecule has 2 rings (SSSR count). The zero-order valence-electron chi connectivity index (χ0n) is 8.64. The molecule has 82 valence electrons. The van der Waals surface area contributed by atoms with E-state index in [1.54, 1.807) is 24.2 Å². The number of benzene rings is 1. The second-order valence-electron chi connectivity index (χ2n) is 3.31. The molecular weight excluding hydrogens is 317 g/mol. The molecule has 4 nitrogen and oxygen atoms in total. The largest absolute Gasteiger partial charge is 0.310 e. The van der Waals surface area contributed by atoms with E-state index in [9.17, 15) is 4.79 Å². The molecule has 0 unspecified atom stereocenters. The van der Waals surface area contributed by atoms with Crippen LogP contribution in [0.4, 0.5) is 5.69 Å². The zero-order chi connectivity index (χ0) is 11.5. The minimum absolute atomic E-state index is 0.0984. The number of amides is 1. The number of anilines is 1. The third kappa shape index (κ3) is 2.24. The molecule has 0 aliphatic rings. The fourth-order valence-corrected chi connectivity index (χ4v) is 1.70. The average Bonchev–Trinajstić information content (AvgIpc) is 2.81. The highest BCUT2D eigenvalue weighted by molar-refractivity contribution is 14.1. The molecule has 16 heavy (non-hydrogen) atoms. The molecular formula is C11H10IN3O. The Morgan fingerprint density at radius 2 is 2.00 bits per heavy atom. The van der Waals surface area contributed by atoms with E-state index in [0.29, 0.717) is 5.69 Å². The van der Waals surface area contributed by atoms with E-state index < -0.39 is 0 Å². The summed E-state index contributed by atoms with van der Waals surface area (Å²) in [6, 6.07) is 9.41. The first-order valence-corrected chi connectivity index (χ1v) is 5.79. The van der Waals surface area contributed by atoms with Gasteiger partial charge in [0.1, 0.15) is 5.69 Å². The monoisotopic (exact) mass is 327 g/mol. The van der Waals surface area contributed by atoms with Crippen molar-refractivity contribution in [3.8, 4) is 0 Å². The Balaban J connectivity index is 2.22. The van der Waals surface area contributed by atoms with Crippen molar-refractivity contribution in [1.82, 2.24) is 10.2 Å². The Labute approximate surface area is 107 Å². The highest BCUT2D eigenvalue weighted by Crippen LogP contribution is 2.16. The molecule has 0 spiro atoms. The molecule has 1 amide bonds. The number of halogens is 1. The normalized spacial score (nSPS) is 10.1. The van der Waals surface area contributed by atoms with Crippen molar-refractivity contribution in [2.75, 3.05) is 11.9 Å². The molecule has 0 aliphatic carbocycles. The summed E-state index contributed by atoms with van der Waals surface area (Å²) < 4.78 is 1.14. The number of hydrogen-bond donors (Lipinski definition) is 1. The van der Waals surface area contributed by atoms with Crippen LogP contribution >= 0.6 is 22.6 Å². The van der Waals surface area contributed by atoms with E-state index in [1.807, 2.05) is 24.3 Å². The van der Waals surface area contributed by atoms with E-state index in [2.05, 4.69) is 32.8 Å². The fraction of sp³-hybridized carbons (Fsp3) is 0.0909. The molecule has 0 bridgehead atoms. The lowest BCUT2D eigenvalue weighted by molar-refractivity contribution is 0.0988. The predicted molar refractivity (Wildman–Crippen MR) is 70.5 cm³/mol. The molecule has 1 N–H and O–H groups in total. The maximum atomic E-state index is 11.9. The number of aromatic amines is 1. The molecule has 0 aliphatic heterocycles. The molecule has 0 atom stereocenters. The Bertz CT molecular complexity index is 478. The second kappa shape index (κ2) is 4.65. The van der Waals surface area contributed by atoms with Crippen LogP contribution in [0.2, 0.25) is 0 Å². The van der Waals surface area contributed by atoms with Gasteiger partial charge in [0.15, 0.2) is 0 Å². The summed E-state index contributed by atoms with van der Waals surface area (Å²) in [4.78, 5) is 13.5. The van der Waals surface area contributed by atoms with Crippen molar-refractivity contribution in [3.05, 3.63) is 45.8 Å². The Morgan fingerprint density at radius 3 is 2.56 bits per heavy atom. The maximum absolute atomic E-state index is 11.9. The van der Waals surface area contributed by atoms with Gasteiger partial charge in [-0.3, -0.25) is 9.89 Å². The van der Waals surface area contributed by atoms with Gasteiger partial charge in [-0.05, 0) is 52.9 Å². The van der Waals surface area contributed by atoms with Gasteiger partial charge in [0, 0.05) is 22.5 Å². The summed E-state index contributed by atoms with van der Waals surface area (Å²) >= 11 is 2.23. The van der Waals surface area contributed by atoms with Crippen molar-refractivity contribution in [2.45, 2.75) is 0 Å². The quantitative estimate of drug-likeness (QED) is 0.861. The minimum Gasteiger partial charge on any atom is -0.310 e. The van der Waals surface area contributed by atoms with Gasteiger partial charge in [-0.1, -0.05) is 0 Å². The predicted octanol–water partition coefficient (Wildman–Crippen LogP) is 2.29.